The molecule has 98 valence electrons. The lowest BCUT2D eigenvalue weighted by atomic mass is 9.98. The maximum Gasteiger partial charge on any atom is 0.304 e. The van der Waals surface area contributed by atoms with Crippen LogP contribution in [0.5, 0.6) is 0 Å². The number of carboxylic acids is 1. The summed E-state index contributed by atoms with van der Waals surface area (Å²) in [6, 6.07) is 8.04. The van der Waals surface area contributed by atoms with Gasteiger partial charge in [-0.25, -0.2) is 0 Å². The molecule has 18 heavy (non-hydrogen) atoms. The van der Waals surface area contributed by atoms with Crippen molar-refractivity contribution in [2.24, 2.45) is 0 Å². The predicted octanol–water partition coefficient (Wildman–Crippen LogP) is 2.10. The van der Waals surface area contributed by atoms with Gasteiger partial charge < -0.3 is 14.7 Å². The van der Waals surface area contributed by atoms with Gasteiger partial charge in [0.25, 0.3) is 0 Å². The summed E-state index contributed by atoms with van der Waals surface area (Å²) in [5.41, 5.74) is 2.29. The van der Waals surface area contributed by atoms with E-state index in [1.165, 1.54) is 0 Å². The minimum absolute atomic E-state index is 0.0859. The molecule has 0 amide bonds. The molecule has 1 aromatic carbocycles. The van der Waals surface area contributed by atoms with Crippen LogP contribution in [-0.2, 0) is 9.53 Å². The predicted molar refractivity (Wildman–Crippen MR) is 70.1 cm³/mol. The monoisotopic (exact) mass is 249 g/mol. The topological polar surface area (TPSA) is 49.8 Å². The molecule has 2 atom stereocenters. The van der Waals surface area contributed by atoms with Crippen molar-refractivity contribution in [2.45, 2.75) is 25.4 Å². The molecule has 0 fully saturated rings. The van der Waals surface area contributed by atoms with E-state index in [-0.39, 0.29) is 18.4 Å². The van der Waals surface area contributed by atoms with Gasteiger partial charge in [0.05, 0.1) is 12.5 Å². The summed E-state index contributed by atoms with van der Waals surface area (Å²) in [5.74, 6) is -0.654. The molecule has 1 aliphatic heterocycles. The number of para-hydroxylation sites is 1. The van der Waals surface area contributed by atoms with E-state index < -0.39 is 5.97 Å². The van der Waals surface area contributed by atoms with Crippen molar-refractivity contribution in [1.82, 2.24) is 0 Å². The number of benzene rings is 1. The standard InChI is InChI=1S/C14H19NO3/c1-10(18-2)8-15-9-11(7-14(16)17)12-5-3-4-6-13(12)15/h3-6,10-11H,7-9H2,1-2H3,(H,16,17). The first-order chi connectivity index (χ1) is 8.61. The SMILES string of the molecule is COC(C)CN1CC(CC(=O)O)c2ccccc21. The lowest BCUT2D eigenvalue weighted by Gasteiger charge is -2.23. The second-order valence-corrected chi connectivity index (χ2v) is 4.80. The molecule has 2 rings (SSSR count). The molecule has 1 N–H and O–H groups in total. The number of hydrogen-bond donors (Lipinski definition) is 1. The lowest BCUT2D eigenvalue weighted by molar-refractivity contribution is -0.137. The van der Waals surface area contributed by atoms with Crippen LogP contribution in [0.3, 0.4) is 0 Å². The van der Waals surface area contributed by atoms with Gasteiger partial charge in [0.1, 0.15) is 0 Å². The van der Waals surface area contributed by atoms with Gasteiger partial charge in [-0.3, -0.25) is 4.79 Å². The van der Waals surface area contributed by atoms with Gasteiger partial charge in [-0.1, -0.05) is 18.2 Å². The average Bonchev–Trinajstić information content (AvgIpc) is 2.67. The molecule has 1 aliphatic rings. The number of hydrogen-bond acceptors (Lipinski definition) is 3. The van der Waals surface area contributed by atoms with E-state index in [0.29, 0.717) is 0 Å². The molecular weight excluding hydrogens is 230 g/mol. The van der Waals surface area contributed by atoms with Crippen molar-refractivity contribution >= 4 is 11.7 Å². The highest BCUT2D eigenvalue weighted by Gasteiger charge is 2.30. The Bertz CT molecular complexity index is 433. The van der Waals surface area contributed by atoms with Crippen LogP contribution in [0.1, 0.15) is 24.8 Å². The van der Waals surface area contributed by atoms with Crippen LogP contribution >= 0.6 is 0 Å². The molecular formula is C14H19NO3. The van der Waals surface area contributed by atoms with E-state index in [2.05, 4.69) is 11.0 Å². The molecule has 0 saturated carbocycles. The molecule has 1 heterocycles. The first-order valence-electron chi connectivity index (χ1n) is 6.20. The number of methoxy groups -OCH3 is 1. The Morgan fingerprint density at radius 2 is 2.28 bits per heavy atom. The summed E-state index contributed by atoms with van der Waals surface area (Å²) in [6.45, 7) is 3.58. The second kappa shape index (κ2) is 5.40. The third kappa shape index (κ3) is 2.64. The minimum Gasteiger partial charge on any atom is -0.481 e. The van der Waals surface area contributed by atoms with Crippen molar-refractivity contribution in [3.8, 4) is 0 Å². The van der Waals surface area contributed by atoms with Crippen LogP contribution in [0, 0.1) is 0 Å². The Hall–Kier alpha value is -1.55. The number of aliphatic carboxylic acids is 1. The van der Waals surface area contributed by atoms with Crippen molar-refractivity contribution in [3.05, 3.63) is 29.8 Å². The van der Waals surface area contributed by atoms with Crippen LogP contribution in [0.2, 0.25) is 0 Å². The summed E-state index contributed by atoms with van der Waals surface area (Å²) in [4.78, 5) is 13.1. The highest BCUT2D eigenvalue weighted by atomic mass is 16.5. The number of fused-ring (bicyclic) bond motifs is 1. The number of nitrogens with zero attached hydrogens (tertiary/aromatic N) is 1. The van der Waals surface area contributed by atoms with Crippen LogP contribution in [0.25, 0.3) is 0 Å². The number of carbonyl (C=O) groups is 1. The largest absolute Gasteiger partial charge is 0.481 e. The Kier molecular flexibility index (Phi) is 3.87. The molecule has 0 saturated heterocycles. The quantitative estimate of drug-likeness (QED) is 0.868. The normalized spacial score (nSPS) is 19.7. The van der Waals surface area contributed by atoms with Crippen molar-refractivity contribution in [3.63, 3.8) is 0 Å². The van der Waals surface area contributed by atoms with Gasteiger partial charge in [0, 0.05) is 31.8 Å². The van der Waals surface area contributed by atoms with E-state index in [1.807, 2.05) is 25.1 Å². The van der Waals surface area contributed by atoms with Gasteiger partial charge in [0.15, 0.2) is 0 Å². The van der Waals surface area contributed by atoms with Crippen molar-refractivity contribution in [2.75, 3.05) is 25.1 Å². The van der Waals surface area contributed by atoms with E-state index >= 15 is 0 Å². The zero-order valence-electron chi connectivity index (χ0n) is 10.8. The molecule has 0 radical (unpaired) electrons. The lowest BCUT2D eigenvalue weighted by Crippen LogP contribution is -2.31. The van der Waals surface area contributed by atoms with Crippen LogP contribution < -0.4 is 4.90 Å². The highest BCUT2D eigenvalue weighted by Crippen LogP contribution is 2.37. The second-order valence-electron chi connectivity index (χ2n) is 4.80. The summed E-state index contributed by atoms with van der Waals surface area (Å²) >= 11 is 0. The average molecular weight is 249 g/mol. The van der Waals surface area contributed by atoms with E-state index in [1.54, 1.807) is 7.11 Å². The van der Waals surface area contributed by atoms with Crippen LogP contribution in [-0.4, -0.2) is 37.4 Å². The summed E-state index contributed by atoms with van der Waals surface area (Å²) in [5, 5.41) is 8.97. The zero-order valence-corrected chi connectivity index (χ0v) is 10.8. The molecule has 2 unspecified atom stereocenters. The Morgan fingerprint density at radius 1 is 1.56 bits per heavy atom. The Morgan fingerprint density at radius 3 is 2.94 bits per heavy atom. The molecule has 0 aliphatic carbocycles. The van der Waals surface area contributed by atoms with E-state index in [0.717, 1.165) is 24.3 Å². The van der Waals surface area contributed by atoms with Gasteiger partial charge in [-0.2, -0.15) is 0 Å². The molecule has 0 bridgehead atoms. The van der Waals surface area contributed by atoms with Gasteiger partial charge in [-0.05, 0) is 18.6 Å². The van der Waals surface area contributed by atoms with Gasteiger partial charge in [0.2, 0.25) is 0 Å². The molecule has 4 nitrogen and oxygen atoms in total. The summed E-state index contributed by atoms with van der Waals surface area (Å²) in [6.07, 6.45) is 0.330. The van der Waals surface area contributed by atoms with Crippen LogP contribution in [0.4, 0.5) is 5.69 Å². The summed E-state index contributed by atoms with van der Waals surface area (Å²) < 4.78 is 5.29. The fraction of sp³-hybridized carbons (Fsp3) is 0.500. The first kappa shape index (κ1) is 12.9. The van der Waals surface area contributed by atoms with E-state index in [4.69, 9.17) is 9.84 Å². The zero-order chi connectivity index (χ0) is 13.1. The fourth-order valence-corrected chi connectivity index (χ4v) is 2.53. The van der Waals surface area contributed by atoms with Gasteiger partial charge >= 0.3 is 5.97 Å². The number of carboxylic acid groups (broad SMARTS) is 1. The third-order valence-corrected chi connectivity index (χ3v) is 3.46. The van der Waals surface area contributed by atoms with Crippen LogP contribution in [0.15, 0.2) is 24.3 Å². The number of anilines is 1. The molecule has 0 spiro atoms. The number of rotatable bonds is 5. The van der Waals surface area contributed by atoms with E-state index in [9.17, 15) is 4.79 Å². The molecule has 0 aromatic heterocycles. The first-order valence-corrected chi connectivity index (χ1v) is 6.20. The summed E-state index contributed by atoms with van der Waals surface area (Å²) in [7, 11) is 1.70. The Labute approximate surface area is 107 Å². The Balaban J connectivity index is 2.19. The van der Waals surface area contributed by atoms with Gasteiger partial charge in [-0.15, -0.1) is 0 Å². The maximum absolute atomic E-state index is 10.9. The fourth-order valence-electron chi connectivity index (χ4n) is 2.53. The molecule has 1 aromatic rings. The third-order valence-electron chi connectivity index (χ3n) is 3.46. The van der Waals surface area contributed by atoms with Crippen molar-refractivity contribution in [1.29, 1.82) is 0 Å². The minimum atomic E-state index is -0.739. The molecule has 4 heteroatoms. The number of ether oxygens (including phenoxy) is 1. The van der Waals surface area contributed by atoms with Crippen molar-refractivity contribution < 1.29 is 14.6 Å². The highest BCUT2D eigenvalue weighted by molar-refractivity contribution is 5.71. The smallest absolute Gasteiger partial charge is 0.304 e. The maximum atomic E-state index is 10.9.